The molecule has 1 aromatic rings. The number of nitrogens with zero attached hydrogens (tertiary/aromatic N) is 2. The first-order valence-corrected chi connectivity index (χ1v) is 6.01. The van der Waals surface area contributed by atoms with Crippen LogP contribution in [0.25, 0.3) is 0 Å². The number of rotatable bonds is 7. The van der Waals surface area contributed by atoms with Crippen LogP contribution in [-0.2, 0) is 6.54 Å². The van der Waals surface area contributed by atoms with Crippen molar-refractivity contribution in [1.29, 1.82) is 0 Å². The van der Waals surface area contributed by atoms with Crippen LogP contribution in [0.4, 0.5) is 0 Å². The Balaban J connectivity index is 2.18. The third kappa shape index (κ3) is 5.06. The molecule has 1 N–H and O–H groups in total. The summed E-state index contributed by atoms with van der Waals surface area (Å²) in [6.07, 6.45) is 1.88. The SMILES string of the molecule is C=CCNCCN(C)Cc1csc(C)n1. The average molecular weight is 225 g/mol. The molecule has 1 heterocycles. The lowest BCUT2D eigenvalue weighted by Gasteiger charge is -2.14. The fourth-order valence-electron chi connectivity index (χ4n) is 1.31. The number of hydrogen-bond acceptors (Lipinski definition) is 4. The van der Waals surface area contributed by atoms with E-state index < -0.39 is 0 Å². The first-order chi connectivity index (χ1) is 7.22. The topological polar surface area (TPSA) is 28.2 Å². The summed E-state index contributed by atoms with van der Waals surface area (Å²) in [5.74, 6) is 0. The van der Waals surface area contributed by atoms with Gasteiger partial charge < -0.3 is 5.32 Å². The zero-order chi connectivity index (χ0) is 11.1. The summed E-state index contributed by atoms with van der Waals surface area (Å²) in [5, 5.41) is 6.55. The molecule has 0 atom stereocenters. The smallest absolute Gasteiger partial charge is 0.0897 e. The first-order valence-electron chi connectivity index (χ1n) is 5.13. The molecule has 3 nitrogen and oxygen atoms in total. The number of likely N-dealkylation sites (N-methyl/N-ethyl adjacent to an activating group) is 1. The lowest BCUT2D eigenvalue weighted by molar-refractivity contribution is 0.323. The fraction of sp³-hybridized carbons (Fsp3) is 0.545. The number of nitrogens with one attached hydrogen (secondary N) is 1. The lowest BCUT2D eigenvalue weighted by atomic mass is 10.4. The van der Waals surface area contributed by atoms with Crippen molar-refractivity contribution in [2.45, 2.75) is 13.5 Å². The molecule has 0 bridgehead atoms. The van der Waals surface area contributed by atoms with E-state index in [1.54, 1.807) is 11.3 Å². The monoisotopic (exact) mass is 225 g/mol. The summed E-state index contributed by atoms with van der Waals surface area (Å²) < 4.78 is 0. The number of thiazole rings is 1. The third-order valence-electron chi connectivity index (χ3n) is 2.06. The molecule has 0 radical (unpaired) electrons. The first kappa shape index (κ1) is 12.4. The standard InChI is InChI=1S/C11H19N3S/c1-4-5-12-6-7-14(3)8-11-9-15-10(2)13-11/h4,9,12H,1,5-8H2,2-3H3. The van der Waals surface area contributed by atoms with Gasteiger partial charge in [-0.3, -0.25) is 4.90 Å². The maximum Gasteiger partial charge on any atom is 0.0897 e. The van der Waals surface area contributed by atoms with Gasteiger partial charge in [0.05, 0.1) is 10.7 Å². The Morgan fingerprint density at radius 1 is 1.67 bits per heavy atom. The molecule has 4 heteroatoms. The Morgan fingerprint density at radius 2 is 2.47 bits per heavy atom. The van der Waals surface area contributed by atoms with Crippen molar-refractivity contribution in [2.24, 2.45) is 0 Å². The predicted molar refractivity (Wildman–Crippen MR) is 66.3 cm³/mol. The largest absolute Gasteiger partial charge is 0.312 e. The minimum Gasteiger partial charge on any atom is -0.312 e. The molecule has 0 aliphatic heterocycles. The number of aromatic nitrogens is 1. The van der Waals surface area contributed by atoms with Gasteiger partial charge in [0.15, 0.2) is 0 Å². The van der Waals surface area contributed by atoms with E-state index in [-0.39, 0.29) is 0 Å². The lowest BCUT2D eigenvalue weighted by Crippen LogP contribution is -2.29. The highest BCUT2D eigenvalue weighted by atomic mass is 32.1. The van der Waals surface area contributed by atoms with Gasteiger partial charge in [-0.05, 0) is 14.0 Å². The van der Waals surface area contributed by atoms with Crippen LogP contribution >= 0.6 is 11.3 Å². The van der Waals surface area contributed by atoms with Crippen LogP contribution in [0.15, 0.2) is 18.0 Å². The van der Waals surface area contributed by atoms with Crippen molar-refractivity contribution < 1.29 is 0 Å². The van der Waals surface area contributed by atoms with E-state index in [0.717, 1.165) is 31.2 Å². The average Bonchev–Trinajstić information content (AvgIpc) is 2.59. The van der Waals surface area contributed by atoms with Crippen LogP contribution in [0.2, 0.25) is 0 Å². The van der Waals surface area contributed by atoms with Gasteiger partial charge in [0.2, 0.25) is 0 Å². The van der Waals surface area contributed by atoms with Gasteiger partial charge >= 0.3 is 0 Å². The Kier molecular flexibility index (Phi) is 5.53. The highest BCUT2D eigenvalue weighted by Gasteiger charge is 2.02. The Labute approximate surface area is 95.8 Å². The number of aryl methyl sites for hydroxylation is 1. The highest BCUT2D eigenvalue weighted by molar-refractivity contribution is 7.09. The van der Waals surface area contributed by atoms with Crippen molar-refractivity contribution in [2.75, 3.05) is 26.7 Å². The summed E-state index contributed by atoms with van der Waals surface area (Å²) in [4.78, 5) is 6.70. The predicted octanol–water partition coefficient (Wildman–Crippen LogP) is 1.66. The summed E-state index contributed by atoms with van der Waals surface area (Å²) in [6, 6.07) is 0. The summed E-state index contributed by atoms with van der Waals surface area (Å²) in [6.45, 7) is 9.54. The Hall–Kier alpha value is -0.710. The normalized spacial score (nSPS) is 10.9. The molecule has 0 aliphatic rings. The third-order valence-corrected chi connectivity index (χ3v) is 2.88. The summed E-state index contributed by atoms with van der Waals surface area (Å²) >= 11 is 1.71. The molecule has 0 aliphatic carbocycles. The van der Waals surface area contributed by atoms with E-state index >= 15 is 0 Å². The summed E-state index contributed by atoms with van der Waals surface area (Å²) in [7, 11) is 2.12. The van der Waals surface area contributed by atoms with Gasteiger partial charge in [-0.1, -0.05) is 6.08 Å². The van der Waals surface area contributed by atoms with Gasteiger partial charge in [0, 0.05) is 31.6 Å². The van der Waals surface area contributed by atoms with Crippen molar-refractivity contribution in [1.82, 2.24) is 15.2 Å². The number of hydrogen-bond donors (Lipinski definition) is 1. The van der Waals surface area contributed by atoms with E-state index in [0.29, 0.717) is 0 Å². The van der Waals surface area contributed by atoms with Crippen LogP contribution < -0.4 is 5.32 Å². The van der Waals surface area contributed by atoms with E-state index in [2.05, 4.69) is 34.2 Å². The quantitative estimate of drug-likeness (QED) is 0.565. The molecule has 1 aromatic heterocycles. The Bertz CT molecular complexity index is 296. The molecule has 15 heavy (non-hydrogen) atoms. The van der Waals surface area contributed by atoms with Gasteiger partial charge in [0.25, 0.3) is 0 Å². The van der Waals surface area contributed by atoms with Gasteiger partial charge in [-0.25, -0.2) is 4.98 Å². The van der Waals surface area contributed by atoms with Gasteiger partial charge in [0.1, 0.15) is 0 Å². The van der Waals surface area contributed by atoms with Gasteiger partial charge in [-0.15, -0.1) is 17.9 Å². The molecule has 84 valence electrons. The molecule has 0 saturated heterocycles. The zero-order valence-corrected chi connectivity index (χ0v) is 10.3. The fourth-order valence-corrected chi connectivity index (χ4v) is 1.91. The minimum absolute atomic E-state index is 0.879. The molecule has 0 spiro atoms. The van der Waals surface area contributed by atoms with Crippen LogP contribution in [0.3, 0.4) is 0 Å². The molecule has 0 amide bonds. The molecular formula is C11H19N3S. The highest BCUT2D eigenvalue weighted by Crippen LogP contribution is 2.09. The second-order valence-electron chi connectivity index (χ2n) is 3.59. The Morgan fingerprint density at radius 3 is 3.07 bits per heavy atom. The molecule has 0 aromatic carbocycles. The molecule has 0 fully saturated rings. The maximum absolute atomic E-state index is 4.44. The van der Waals surface area contributed by atoms with Crippen LogP contribution in [0.5, 0.6) is 0 Å². The van der Waals surface area contributed by atoms with Gasteiger partial charge in [-0.2, -0.15) is 0 Å². The van der Waals surface area contributed by atoms with Crippen LogP contribution in [-0.4, -0.2) is 36.6 Å². The van der Waals surface area contributed by atoms with Crippen LogP contribution in [0.1, 0.15) is 10.7 Å². The minimum atomic E-state index is 0.879. The van der Waals surface area contributed by atoms with Crippen molar-refractivity contribution >= 4 is 11.3 Å². The zero-order valence-electron chi connectivity index (χ0n) is 9.49. The van der Waals surface area contributed by atoms with E-state index in [1.165, 1.54) is 5.69 Å². The van der Waals surface area contributed by atoms with Crippen molar-refractivity contribution in [3.05, 3.63) is 28.7 Å². The van der Waals surface area contributed by atoms with E-state index in [4.69, 9.17) is 0 Å². The summed E-state index contributed by atoms with van der Waals surface area (Å²) in [5.41, 5.74) is 1.17. The second-order valence-corrected chi connectivity index (χ2v) is 4.65. The van der Waals surface area contributed by atoms with Crippen molar-refractivity contribution in [3.8, 4) is 0 Å². The molecule has 0 unspecified atom stereocenters. The van der Waals surface area contributed by atoms with E-state index in [1.807, 2.05) is 13.0 Å². The molecule has 1 rings (SSSR count). The molecular weight excluding hydrogens is 206 g/mol. The van der Waals surface area contributed by atoms with E-state index in [9.17, 15) is 0 Å². The second kappa shape index (κ2) is 6.71. The molecule has 0 saturated carbocycles. The van der Waals surface area contributed by atoms with Crippen LogP contribution in [0, 0.1) is 6.92 Å². The van der Waals surface area contributed by atoms with Crippen molar-refractivity contribution in [3.63, 3.8) is 0 Å². The maximum atomic E-state index is 4.44.